The van der Waals surface area contributed by atoms with Crippen molar-refractivity contribution in [3.63, 3.8) is 0 Å². The Hall–Kier alpha value is -2.03. The molecule has 5 nitrogen and oxygen atoms in total. The molecule has 0 aliphatic rings. The van der Waals surface area contributed by atoms with Gasteiger partial charge in [0, 0.05) is 6.54 Å². The quantitative estimate of drug-likeness (QED) is 0.363. The minimum Gasteiger partial charge on any atom is -0.505 e. The number of phenolic OH excluding ortho intramolecular Hbond substituents is 1. The Morgan fingerprint density at radius 1 is 1.21 bits per heavy atom. The van der Waals surface area contributed by atoms with Gasteiger partial charge in [0.05, 0.1) is 13.7 Å². The summed E-state index contributed by atoms with van der Waals surface area (Å²) in [5, 5.41) is 12.1. The molecule has 4 N–H and O–H groups in total. The molecule has 130 valence electrons. The van der Waals surface area contributed by atoms with E-state index < -0.39 is 5.82 Å². The van der Waals surface area contributed by atoms with Crippen molar-refractivity contribution in [2.45, 2.75) is 13.0 Å². The molecule has 0 aliphatic carbocycles. The highest BCUT2D eigenvalue weighted by molar-refractivity contribution is 14.0. The predicted molar refractivity (Wildman–Crippen MR) is 104 cm³/mol. The van der Waals surface area contributed by atoms with Crippen LogP contribution in [0, 0.1) is 5.82 Å². The van der Waals surface area contributed by atoms with Gasteiger partial charge in [-0.15, -0.1) is 24.0 Å². The lowest BCUT2D eigenvalue weighted by Crippen LogP contribution is -2.33. The van der Waals surface area contributed by atoms with Gasteiger partial charge in [-0.2, -0.15) is 0 Å². The summed E-state index contributed by atoms with van der Waals surface area (Å²) in [5.74, 6) is 0.0861. The number of benzene rings is 2. The molecule has 2 rings (SSSR count). The Morgan fingerprint density at radius 2 is 1.88 bits per heavy atom. The zero-order chi connectivity index (χ0) is 16.7. The SMILES string of the molecule is COc1ccc(CCNC(N)=NCc2ccc(O)c(F)c2)cc1.I. The number of aliphatic imine (C=N–C) groups is 1. The number of ether oxygens (including phenoxy) is 1. The normalized spacial score (nSPS) is 10.8. The first-order valence-corrected chi connectivity index (χ1v) is 7.22. The molecule has 0 saturated carbocycles. The van der Waals surface area contributed by atoms with Crippen LogP contribution in [0.25, 0.3) is 0 Å². The van der Waals surface area contributed by atoms with Crippen LogP contribution >= 0.6 is 24.0 Å². The Kier molecular flexibility index (Phi) is 8.31. The van der Waals surface area contributed by atoms with Gasteiger partial charge in [-0.25, -0.2) is 9.38 Å². The van der Waals surface area contributed by atoms with E-state index in [-0.39, 0.29) is 36.3 Å². The van der Waals surface area contributed by atoms with Crippen molar-refractivity contribution in [1.29, 1.82) is 0 Å². The van der Waals surface area contributed by atoms with Crippen LogP contribution in [0.1, 0.15) is 11.1 Å². The summed E-state index contributed by atoms with van der Waals surface area (Å²) in [6.07, 6.45) is 0.800. The number of nitrogens with zero attached hydrogens (tertiary/aromatic N) is 1. The first-order valence-electron chi connectivity index (χ1n) is 7.22. The zero-order valence-electron chi connectivity index (χ0n) is 13.3. The van der Waals surface area contributed by atoms with Crippen molar-refractivity contribution >= 4 is 29.9 Å². The van der Waals surface area contributed by atoms with Crippen LogP contribution in [0.15, 0.2) is 47.5 Å². The summed E-state index contributed by atoms with van der Waals surface area (Å²) in [6, 6.07) is 11.9. The van der Waals surface area contributed by atoms with E-state index in [4.69, 9.17) is 15.6 Å². The van der Waals surface area contributed by atoms with Crippen molar-refractivity contribution in [2.75, 3.05) is 13.7 Å². The molecular formula is C17H21FIN3O2. The highest BCUT2D eigenvalue weighted by Gasteiger charge is 2.01. The highest BCUT2D eigenvalue weighted by Crippen LogP contribution is 2.16. The van der Waals surface area contributed by atoms with Crippen molar-refractivity contribution in [1.82, 2.24) is 5.32 Å². The second-order valence-electron chi connectivity index (χ2n) is 5.01. The molecule has 0 amide bonds. The molecule has 24 heavy (non-hydrogen) atoms. The number of phenols is 1. The topological polar surface area (TPSA) is 79.9 Å². The second kappa shape index (κ2) is 9.96. The number of halogens is 2. The standard InChI is InChI=1S/C17H20FN3O2.HI/c1-23-14-5-2-12(3-6-14)8-9-20-17(19)21-11-13-4-7-16(22)15(18)10-13;/h2-7,10,22H,8-9,11H2,1H3,(H3,19,20,21);1H. The van der Waals surface area contributed by atoms with Gasteiger partial charge in [-0.05, 0) is 41.8 Å². The van der Waals surface area contributed by atoms with Crippen LogP contribution in [-0.2, 0) is 13.0 Å². The fourth-order valence-corrected chi connectivity index (χ4v) is 2.01. The number of methoxy groups -OCH3 is 1. The van der Waals surface area contributed by atoms with E-state index in [1.54, 1.807) is 13.2 Å². The number of nitrogens with one attached hydrogen (secondary N) is 1. The number of guanidine groups is 1. The van der Waals surface area contributed by atoms with E-state index in [0.29, 0.717) is 18.1 Å². The molecule has 0 unspecified atom stereocenters. The molecular weight excluding hydrogens is 424 g/mol. The Bertz CT molecular complexity index is 678. The number of nitrogens with two attached hydrogens (primary N) is 1. The molecule has 0 aromatic heterocycles. The third-order valence-electron chi connectivity index (χ3n) is 3.32. The molecule has 0 saturated heterocycles. The van der Waals surface area contributed by atoms with Gasteiger partial charge in [0.25, 0.3) is 0 Å². The molecule has 0 atom stereocenters. The lowest BCUT2D eigenvalue weighted by atomic mass is 10.1. The van der Waals surface area contributed by atoms with Crippen molar-refractivity contribution in [2.24, 2.45) is 10.7 Å². The number of hydrogen-bond donors (Lipinski definition) is 3. The number of hydrogen-bond acceptors (Lipinski definition) is 3. The van der Waals surface area contributed by atoms with Crippen LogP contribution in [-0.4, -0.2) is 24.7 Å². The molecule has 0 fully saturated rings. The predicted octanol–water partition coefficient (Wildman–Crippen LogP) is 2.80. The molecule has 0 spiro atoms. The first-order chi connectivity index (χ1) is 11.1. The third kappa shape index (κ3) is 6.23. The van der Waals surface area contributed by atoms with E-state index in [0.717, 1.165) is 17.7 Å². The van der Waals surface area contributed by atoms with Gasteiger partial charge in [-0.3, -0.25) is 0 Å². The molecule has 0 aliphatic heterocycles. The first kappa shape index (κ1) is 20.0. The maximum atomic E-state index is 13.2. The Balaban J connectivity index is 0.00000288. The maximum Gasteiger partial charge on any atom is 0.188 e. The largest absolute Gasteiger partial charge is 0.505 e. The van der Waals surface area contributed by atoms with Crippen molar-refractivity contribution in [3.05, 3.63) is 59.4 Å². The smallest absolute Gasteiger partial charge is 0.188 e. The van der Waals surface area contributed by atoms with E-state index in [9.17, 15) is 4.39 Å². The Morgan fingerprint density at radius 3 is 2.50 bits per heavy atom. The fourth-order valence-electron chi connectivity index (χ4n) is 2.01. The molecule has 7 heteroatoms. The van der Waals surface area contributed by atoms with Crippen LogP contribution in [0.3, 0.4) is 0 Å². The Labute approximate surface area is 157 Å². The average Bonchev–Trinajstić information content (AvgIpc) is 2.56. The number of aromatic hydroxyl groups is 1. The lowest BCUT2D eigenvalue weighted by molar-refractivity contribution is 0.414. The minimum atomic E-state index is -0.663. The van der Waals surface area contributed by atoms with Gasteiger partial charge in [0.1, 0.15) is 5.75 Å². The van der Waals surface area contributed by atoms with Crippen LogP contribution in [0.4, 0.5) is 4.39 Å². The van der Waals surface area contributed by atoms with E-state index in [1.807, 2.05) is 24.3 Å². The van der Waals surface area contributed by atoms with Gasteiger partial charge in [-0.1, -0.05) is 18.2 Å². The fraction of sp³-hybridized carbons (Fsp3) is 0.235. The third-order valence-corrected chi connectivity index (χ3v) is 3.32. The van der Waals surface area contributed by atoms with Crippen LogP contribution in [0.5, 0.6) is 11.5 Å². The molecule has 2 aromatic rings. The molecule has 2 aromatic carbocycles. The van der Waals surface area contributed by atoms with E-state index in [1.165, 1.54) is 12.1 Å². The number of rotatable bonds is 6. The maximum absolute atomic E-state index is 13.2. The van der Waals surface area contributed by atoms with Crippen molar-refractivity contribution < 1.29 is 14.2 Å². The van der Waals surface area contributed by atoms with Gasteiger partial charge in [0.2, 0.25) is 0 Å². The van der Waals surface area contributed by atoms with E-state index >= 15 is 0 Å². The van der Waals surface area contributed by atoms with Gasteiger partial charge in [0.15, 0.2) is 17.5 Å². The average molecular weight is 445 g/mol. The summed E-state index contributed by atoms with van der Waals surface area (Å²) >= 11 is 0. The molecule has 0 radical (unpaired) electrons. The summed E-state index contributed by atoms with van der Waals surface area (Å²) < 4.78 is 18.3. The van der Waals surface area contributed by atoms with Gasteiger partial charge >= 0.3 is 0 Å². The minimum absolute atomic E-state index is 0. The highest BCUT2D eigenvalue weighted by atomic mass is 127. The molecule has 0 heterocycles. The van der Waals surface area contributed by atoms with Crippen LogP contribution in [0.2, 0.25) is 0 Å². The van der Waals surface area contributed by atoms with Gasteiger partial charge < -0.3 is 20.9 Å². The van der Waals surface area contributed by atoms with Crippen molar-refractivity contribution in [3.8, 4) is 11.5 Å². The van der Waals surface area contributed by atoms with Crippen LogP contribution < -0.4 is 15.8 Å². The zero-order valence-corrected chi connectivity index (χ0v) is 15.7. The molecule has 0 bridgehead atoms. The summed E-state index contributed by atoms with van der Waals surface area (Å²) in [5.41, 5.74) is 7.57. The summed E-state index contributed by atoms with van der Waals surface area (Å²) in [7, 11) is 1.63. The second-order valence-corrected chi connectivity index (χ2v) is 5.01. The summed E-state index contributed by atoms with van der Waals surface area (Å²) in [4.78, 5) is 4.14. The lowest BCUT2D eigenvalue weighted by Gasteiger charge is -2.07. The van der Waals surface area contributed by atoms with E-state index in [2.05, 4.69) is 10.3 Å². The monoisotopic (exact) mass is 445 g/mol. The summed E-state index contributed by atoms with van der Waals surface area (Å²) in [6.45, 7) is 0.893.